The molecule has 20 heavy (non-hydrogen) atoms. The molecule has 0 bridgehead atoms. The van der Waals surface area contributed by atoms with Crippen LogP contribution >= 0.6 is 0 Å². The number of carbonyl (C=O) groups excluding carboxylic acids is 1. The molecular weight excluding hydrogens is 260 g/mol. The zero-order chi connectivity index (χ0) is 14.4. The highest BCUT2D eigenvalue weighted by atomic mass is 16.5. The predicted octanol–water partition coefficient (Wildman–Crippen LogP) is 0.0284. The molecule has 0 atom stereocenters. The average Bonchev–Trinajstić information content (AvgIpc) is 2.45. The first kappa shape index (κ1) is 14.3. The molecule has 1 amide bonds. The predicted molar refractivity (Wildman–Crippen MR) is 75.0 cm³/mol. The fraction of sp³-hybridized carbons (Fsp3) is 0.667. The average molecular weight is 280 g/mol. The molecule has 2 heterocycles. The molecule has 110 valence electrons. The van der Waals surface area contributed by atoms with Crippen LogP contribution in [0, 0.1) is 0 Å². The highest BCUT2D eigenvalue weighted by molar-refractivity contribution is 5.81. The van der Waals surface area contributed by atoms with Crippen molar-refractivity contribution in [3.63, 3.8) is 0 Å². The number of piperazine rings is 1. The number of rotatable bonds is 6. The lowest BCUT2D eigenvalue weighted by Gasteiger charge is -2.26. The maximum absolute atomic E-state index is 11.4. The molecule has 1 aliphatic rings. The van der Waals surface area contributed by atoms with E-state index in [0.717, 1.165) is 13.0 Å². The largest absolute Gasteiger partial charge is 0.464 e. The maximum atomic E-state index is 11.4. The van der Waals surface area contributed by atoms with Gasteiger partial charge in [0.2, 0.25) is 17.8 Å². The molecule has 8 nitrogen and oxygen atoms in total. The van der Waals surface area contributed by atoms with Crippen LogP contribution < -0.4 is 20.3 Å². The number of hydrogen-bond donors (Lipinski definition) is 2. The quantitative estimate of drug-likeness (QED) is 0.759. The smallest absolute Gasteiger partial charge is 0.323 e. The maximum Gasteiger partial charge on any atom is 0.323 e. The molecule has 0 aromatic carbocycles. The first-order valence-electron chi connectivity index (χ1n) is 6.87. The van der Waals surface area contributed by atoms with Crippen molar-refractivity contribution in [1.82, 2.24) is 20.3 Å². The Morgan fingerprint density at radius 3 is 2.90 bits per heavy atom. The van der Waals surface area contributed by atoms with Crippen LogP contribution in [0.3, 0.4) is 0 Å². The molecule has 2 rings (SSSR count). The van der Waals surface area contributed by atoms with E-state index < -0.39 is 0 Å². The van der Waals surface area contributed by atoms with E-state index >= 15 is 0 Å². The van der Waals surface area contributed by atoms with Gasteiger partial charge in [0, 0.05) is 19.6 Å². The van der Waals surface area contributed by atoms with Crippen LogP contribution in [0.15, 0.2) is 0 Å². The number of nitrogens with one attached hydrogen (secondary N) is 2. The van der Waals surface area contributed by atoms with Gasteiger partial charge in [-0.1, -0.05) is 6.92 Å². The minimum absolute atomic E-state index is 0.0299. The molecule has 1 aliphatic heterocycles. The van der Waals surface area contributed by atoms with E-state index in [1.54, 1.807) is 0 Å². The SMILES string of the molecule is CCCNc1nc(OCC)nc(N2CCNC(=O)C2)n1. The Hall–Kier alpha value is -2.12. The Bertz CT molecular complexity index is 467. The van der Waals surface area contributed by atoms with Crippen LogP contribution in [0.2, 0.25) is 0 Å². The normalized spacial score (nSPS) is 14.9. The molecule has 0 radical (unpaired) electrons. The first-order chi connectivity index (χ1) is 9.72. The topological polar surface area (TPSA) is 92.3 Å². The summed E-state index contributed by atoms with van der Waals surface area (Å²) < 4.78 is 5.36. The summed E-state index contributed by atoms with van der Waals surface area (Å²) in [5.41, 5.74) is 0. The van der Waals surface area contributed by atoms with Crippen molar-refractivity contribution < 1.29 is 9.53 Å². The lowest BCUT2D eigenvalue weighted by molar-refractivity contribution is -0.120. The highest BCUT2D eigenvalue weighted by Crippen LogP contribution is 2.15. The molecule has 0 unspecified atom stereocenters. The highest BCUT2D eigenvalue weighted by Gasteiger charge is 2.20. The minimum atomic E-state index is -0.0299. The van der Waals surface area contributed by atoms with E-state index in [1.807, 2.05) is 11.8 Å². The molecule has 0 aliphatic carbocycles. The van der Waals surface area contributed by atoms with E-state index in [2.05, 4.69) is 32.5 Å². The Kier molecular flexibility index (Phi) is 4.91. The number of hydrogen-bond acceptors (Lipinski definition) is 7. The van der Waals surface area contributed by atoms with Gasteiger partial charge in [0.1, 0.15) is 0 Å². The summed E-state index contributed by atoms with van der Waals surface area (Å²) in [5.74, 6) is 0.917. The Labute approximate surface area is 118 Å². The number of ether oxygens (including phenoxy) is 1. The molecule has 1 aromatic rings. The van der Waals surface area contributed by atoms with E-state index in [1.165, 1.54) is 0 Å². The molecular formula is C12H20N6O2. The second kappa shape index (κ2) is 6.88. The lowest BCUT2D eigenvalue weighted by Crippen LogP contribution is -2.48. The third kappa shape index (κ3) is 3.69. The summed E-state index contributed by atoms with van der Waals surface area (Å²) in [4.78, 5) is 26.0. The molecule has 1 aromatic heterocycles. The number of anilines is 2. The summed E-state index contributed by atoms with van der Waals surface area (Å²) in [6.45, 7) is 6.71. The molecule has 0 saturated carbocycles. The summed E-state index contributed by atoms with van der Waals surface area (Å²) in [6, 6.07) is 0.280. The zero-order valence-corrected chi connectivity index (χ0v) is 11.8. The van der Waals surface area contributed by atoms with Crippen molar-refractivity contribution in [2.75, 3.05) is 43.0 Å². The van der Waals surface area contributed by atoms with Gasteiger partial charge >= 0.3 is 6.01 Å². The lowest BCUT2D eigenvalue weighted by atomic mass is 10.4. The van der Waals surface area contributed by atoms with Crippen molar-refractivity contribution in [3.05, 3.63) is 0 Å². The van der Waals surface area contributed by atoms with Crippen LogP contribution in [0.5, 0.6) is 6.01 Å². The van der Waals surface area contributed by atoms with E-state index in [9.17, 15) is 4.79 Å². The molecule has 1 saturated heterocycles. The molecule has 2 N–H and O–H groups in total. The number of carbonyl (C=O) groups is 1. The number of nitrogens with zero attached hydrogens (tertiary/aromatic N) is 4. The Morgan fingerprint density at radius 1 is 1.35 bits per heavy atom. The van der Waals surface area contributed by atoms with Gasteiger partial charge in [-0.25, -0.2) is 0 Å². The summed E-state index contributed by atoms with van der Waals surface area (Å²) in [5, 5.41) is 5.89. The fourth-order valence-electron chi connectivity index (χ4n) is 1.81. The van der Waals surface area contributed by atoms with Gasteiger partial charge in [-0.3, -0.25) is 4.79 Å². The molecule has 0 spiro atoms. The Balaban J connectivity index is 2.20. The van der Waals surface area contributed by atoms with Gasteiger partial charge < -0.3 is 20.3 Å². The zero-order valence-electron chi connectivity index (χ0n) is 11.8. The van der Waals surface area contributed by atoms with Crippen LogP contribution in [0.25, 0.3) is 0 Å². The van der Waals surface area contributed by atoms with Crippen molar-refractivity contribution in [1.29, 1.82) is 0 Å². The van der Waals surface area contributed by atoms with Gasteiger partial charge in [-0.05, 0) is 13.3 Å². The number of aromatic nitrogens is 3. The van der Waals surface area contributed by atoms with Crippen molar-refractivity contribution in [2.24, 2.45) is 0 Å². The van der Waals surface area contributed by atoms with Gasteiger partial charge in [0.05, 0.1) is 13.2 Å². The third-order valence-corrected chi connectivity index (χ3v) is 2.73. The Morgan fingerprint density at radius 2 is 2.20 bits per heavy atom. The van der Waals surface area contributed by atoms with Gasteiger partial charge in [-0.2, -0.15) is 15.0 Å². The molecule has 8 heteroatoms. The molecule has 1 fully saturated rings. The first-order valence-corrected chi connectivity index (χ1v) is 6.87. The van der Waals surface area contributed by atoms with E-state index in [4.69, 9.17) is 4.74 Å². The second-order valence-electron chi connectivity index (χ2n) is 4.37. The van der Waals surface area contributed by atoms with Crippen LogP contribution in [0.1, 0.15) is 20.3 Å². The summed E-state index contributed by atoms with van der Waals surface area (Å²) >= 11 is 0. The van der Waals surface area contributed by atoms with Crippen molar-refractivity contribution in [3.8, 4) is 6.01 Å². The van der Waals surface area contributed by atoms with Gasteiger partial charge in [-0.15, -0.1) is 0 Å². The number of amides is 1. The van der Waals surface area contributed by atoms with Crippen molar-refractivity contribution >= 4 is 17.8 Å². The summed E-state index contributed by atoms with van der Waals surface area (Å²) in [7, 11) is 0. The third-order valence-electron chi connectivity index (χ3n) is 2.73. The summed E-state index contributed by atoms with van der Waals surface area (Å²) in [6.07, 6.45) is 0.969. The van der Waals surface area contributed by atoms with Gasteiger partial charge in [0.25, 0.3) is 0 Å². The van der Waals surface area contributed by atoms with E-state index in [-0.39, 0.29) is 18.5 Å². The fourth-order valence-corrected chi connectivity index (χ4v) is 1.81. The van der Waals surface area contributed by atoms with Crippen molar-refractivity contribution in [2.45, 2.75) is 20.3 Å². The van der Waals surface area contributed by atoms with E-state index in [0.29, 0.717) is 31.6 Å². The second-order valence-corrected chi connectivity index (χ2v) is 4.37. The monoisotopic (exact) mass is 280 g/mol. The van der Waals surface area contributed by atoms with Crippen LogP contribution in [0.4, 0.5) is 11.9 Å². The minimum Gasteiger partial charge on any atom is -0.464 e. The van der Waals surface area contributed by atoms with Crippen LogP contribution in [-0.2, 0) is 4.79 Å². The standard InChI is InChI=1S/C12H20N6O2/c1-3-5-14-10-15-11(17-12(16-10)20-4-2)18-7-6-13-9(19)8-18/h3-8H2,1-2H3,(H,13,19)(H,14,15,16,17). The van der Waals surface area contributed by atoms with Crippen LogP contribution in [-0.4, -0.2) is 53.6 Å². The van der Waals surface area contributed by atoms with Gasteiger partial charge in [0.15, 0.2) is 0 Å².